The molecular weight excluding hydrogens is 356 g/mol. The molecule has 0 N–H and O–H groups in total. The Balaban J connectivity index is 2.12. The van der Waals surface area contributed by atoms with Gasteiger partial charge in [0.1, 0.15) is 5.78 Å². The minimum absolute atomic E-state index is 0.345. The topological polar surface area (TPSA) is 17.1 Å². The molecule has 0 amide bonds. The van der Waals surface area contributed by atoms with Crippen LogP contribution in [0, 0.1) is 0 Å². The number of carbonyl (C=O) groups excluding carboxylic acids is 1. The second-order valence-electron chi connectivity index (χ2n) is 6.92. The van der Waals surface area contributed by atoms with Crippen LogP contribution in [-0.2, 0) is 17.6 Å². The van der Waals surface area contributed by atoms with Crippen molar-refractivity contribution in [2.45, 2.75) is 66.2 Å². The standard InChI is InChI=1S/C23H30OS2/c1-6-8-20(24)14-19-15-25-23-13-18(9-11-21(19)23)10-12-22(17(5)7-2)26-16(3)4/h9,11,13,15H,3,6-8,10,12,14H2,1-2,4-5H3/b22-17+. The number of hydrogen-bond acceptors (Lipinski definition) is 3. The van der Waals surface area contributed by atoms with E-state index in [2.05, 4.69) is 57.9 Å². The zero-order valence-corrected chi connectivity index (χ0v) is 18.1. The first-order chi connectivity index (χ1) is 12.4. The highest BCUT2D eigenvalue weighted by Crippen LogP contribution is 2.33. The van der Waals surface area contributed by atoms with Crippen LogP contribution in [0.15, 0.2) is 45.5 Å². The number of ketones is 1. The molecule has 140 valence electrons. The maximum Gasteiger partial charge on any atom is 0.137 e. The van der Waals surface area contributed by atoms with Gasteiger partial charge in [0.05, 0.1) is 0 Å². The van der Waals surface area contributed by atoms with Crippen molar-refractivity contribution < 1.29 is 4.79 Å². The summed E-state index contributed by atoms with van der Waals surface area (Å²) in [5, 5.41) is 3.41. The summed E-state index contributed by atoms with van der Waals surface area (Å²) in [6.07, 6.45) is 5.39. The number of rotatable bonds is 10. The largest absolute Gasteiger partial charge is 0.299 e. The van der Waals surface area contributed by atoms with Gasteiger partial charge in [-0.1, -0.05) is 49.9 Å². The van der Waals surface area contributed by atoms with E-state index in [1.165, 1.54) is 31.7 Å². The van der Waals surface area contributed by atoms with E-state index in [1.807, 2.05) is 11.8 Å². The molecule has 1 aromatic carbocycles. The molecule has 0 aliphatic carbocycles. The highest BCUT2D eigenvalue weighted by atomic mass is 32.2. The van der Waals surface area contributed by atoms with E-state index >= 15 is 0 Å². The molecule has 1 heterocycles. The number of hydrogen-bond donors (Lipinski definition) is 0. The van der Waals surface area contributed by atoms with Crippen LogP contribution in [0.1, 0.15) is 64.5 Å². The average molecular weight is 387 g/mol. The molecule has 0 fully saturated rings. The first kappa shape index (κ1) is 21.0. The Morgan fingerprint density at radius 3 is 2.62 bits per heavy atom. The highest BCUT2D eigenvalue weighted by Gasteiger charge is 2.10. The van der Waals surface area contributed by atoms with Crippen molar-refractivity contribution in [1.29, 1.82) is 0 Å². The number of thiophene rings is 1. The summed E-state index contributed by atoms with van der Waals surface area (Å²) >= 11 is 3.58. The van der Waals surface area contributed by atoms with Crippen LogP contribution >= 0.6 is 23.1 Å². The van der Waals surface area contributed by atoms with Crippen LogP contribution in [0.3, 0.4) is 0 Å². The lowest BCUT2D eigenvalue weighted by Crippen LogP contribution is -2.00. The number of benzene rings is 1. The SMILES string of the molecule is C=C(C)S/C(CCc1ccc2c(CC(=O)CCC)csc2c1)=C(\C)CC. The molecule has 0 saturated heterocycles. The van der Waals surface area contributed by atoms with Gasteiger partial charge in [-0.3, -0.25) is 4.79 Å². The number of Topliss-reactive ketones (excluding diaryl/α,β-unsaturated/α-hetero) is 1. The summed E-state index contributed by atoms with van der Waals surface area (Å²) in [4.78, 5) is 14.6. The second kappa shape index (κ2) is 10.1. The normalized spacial score (nSPS) is 12.3. The van der Waals surface area contributed by atoms with Crippen molar-refractivity contribution in [1.82, 2.24) is 0 Å². The molecule has 0 saturated carbocycles. The lowest BCUT2D eigenvalue weighted by atomic mass is 10.0. The lowest BCUT2D eigenvalue weighted by Gasteiger charge is -2.11. The molecule has 3 heteroatoms. The number of aryl methyl sites for hydroxylation is 1. The fourth-order valence-electron chi connectivity index (χ4n) is 3.02. The van der Waals surface area contributed by atoms with Crippen molar-refractivity contribution in [3.8, 4) is 0 Å². The van der Waals surface area contributed by atoms with Crippen molar-refractivity contribution in [3.05, 3.63) is 56.7 Å². The third-order valence-electron chi connectivity index (χ3n) is 4.58. The maximum atomic E-state index is 12.0. The molecule has 0 atom stereocenters. The summed E-state index contributed by atoms with van der Waals surface area (Å²) < 4.78 is 1.30. The first-order valence-electron chi connectivity index (χ1n) is 9.47. The maximum absolute atomic E-state index is 12.0. The molecule has 1 aromatic heterocycles. The van der Waals surface area contributed by atoms with Gasteiger partial charge in [0.2, 0.25) is 0 Å². The number of carbonyl (C=O) groups is 1. The van der Waals surface area contributed by atoms with Gasteiger partial charge in [0.15, 0.2) is 0 Å². The second-order valence-corrected chi connectivity index (χ2v) is 9.22. The van der Waals surface area contributed by atoms with E-state index < -0.39 is 0 Å². The monoisotopic (exact) mass is 386 g/mol. The molecular formula is C23H30OS2. The molecule has 0 spiro atoms. The fraction of sp³-hybridized carbons (Fsp3) is 0.435. The van der Waals surface area contributed by atoms with Gasteiger partial charge in [-0.05, 0) is 77.3 Å². The lowest BCUT2D eigenvalue weighted by molar-refractivity contribution is -0.118. The number of allylic oxidation sites excluding steroid dienone is 3. The van der Waals surface area contributed by atoms with E-state index in [0.717, 1.165) is 30.6 Å². The number of fused-ring (bicyclic) bond motifs is 1. The van der Waals surface area contributed by atoms with Crippen molar-refractivity contribution >= 4 is 39.0 Å². The van der Waals surface area contributed by atoms with Crippen molar-refractivity contribution in [3.63, 3.8) is 0 Å². The Hall–Kier alpha value is -1.32. The molecule has 2 aromatic rings. The third-order valence-corrected chi connectivity index (χ3v) is 6.72. The van der Waals surface area contributed by atoms with Gasteiger partial charge in [0, 0.05) is 17.5 Å². The summed E-state index contributed by atoms with van der Waals surface area (Å²) in [7, 11) is 0. The zero-order chi connectivity index (χ0) is 19.1. The van der Waals surface area contributed by atoms with Crippen LogP contribution in [0.2, 0.25) is 0 Å². The Labute approximate surface area is 166 Å². The molecule has 1 nitrogen and oxygen atoms in total. The first-order valence-corrected chi connectivity index (χ1v) is 11.2. The summed E-state index contributed by atoms with van der Waals surface area (Å²) in [5.41, 5.74) is 4.02. The highest BCUT2D eigenvalue weighted by molar-refractivity contribution is 8.06. The Kier molecular flexibility index (Phi) is 8.17. The van der Waals surface area contributed by atoms with E-state index in [4.69, 9.17) is 0 Å². The van der Waals surface area contributed by atoms with Crippen LogP contribution < -0.4 is 0 Å². The van der Waals surface area contributed by atoms with Crippen molar-refractivity contribution in [2.24, 2.45) is 0 Å². The number of thioether (sulfide) groups is 1. The molecule has 26 heavy (non-hydrogen) atoms. The molecule has 0 unspecified atom stereocenters. The van der Waals surface area contributed by atoms with Crippen molar-refractivity contribution in [2.75, 3.05) is 0 Å². The average Bonchev–Trinajstić information content (AvgIpc) is 2.99. The quantitative estimate of drug-likeness (QED) is 0.416. The summed E-state index contributed by atoms with van der Waals surface area (Å²) in [6, 6.07) is 6.74. The van der Waals surface area contributed by atoms with Gasteiger partial charge in [0.25, 0.3) is 0 Å². The summed E-state index contributed by atoms with van der Waals surface area (Å²) in [6.45, 7) is 12.6. The summed E-state index contributed by atoms with van der Waals surface area (Å²) in [5.74, 6) is 0.345. The van der Waals surface area contributed by atoms with Crippen LogP contribution in [0.25, 0.3) is 10.1 Å². The zero-order valence-electron chi connectivity index (χ0n) is 16.5. The minimum atomic E-state index is 0.345. The van der Waals surface area contributed by atoms with Crippen LogP contribution in [-0.4, -0.2) is 5.78 Å². The minimum Gasteiger partial charge on any atom is -0.299 e. The Bertz CT molecular complexity index is 811. The van der Waals surface area contributed by atoms with E-state index in [-0.39, 0.29) is 0 Å². The smallest absolute Gasteiger partial charge is 0.137 e. The molecule has 2 rings (SSSR count). The van der Waals surface area contributed by atoms with E-state index in [0.29, 0.717) is 18.6 Å². The Morgan fingerprint density at radius 1 is 1.19 bits per heavy atom. The van der Waals surface area contributed by atoms with Crippen LogP contribution in [0.4, 0.5) is 0 Å². The molecule has 0 aliphatic heterocycles. The van der Waals surface area contributed by atoms with Gasteiger partial charge in [-0.2, -0.15) is 0 Å². The molecule has 0 radical (unpaired) electrons. The van der Waals surface area contributed by atoms with E-state index in [1.54, 1.807) is 11.3 Å². The Morgan fingerprint density at radius 2 is 1.96 bits per heavy atom. The van der Waals surface area contributed by atoms with Gasteiger partial charge in [-0.15, -0.1) is 11.3 Å². The third kappa shape index (κ3) is 5.85. The van der Waals surface area contributed by atoms with Gasteiger partial charge < -0.3 is 0 Å². The predicted octanol–water partition coefficient (Wildman–Crippen LogP) is 7.70. The van der Waals surface area contributed by atoms with Gasteiger partial charge in [-0.25, -0.2) is 0 Å². The fourth-order valence-corrected chi connectivity index (χ4v) is 4.98. The molecule has 0 aliphatic rings. The molecule has 0 bridgehead atoms. The van der Waals surface area contributed by atoms with E-state index in [9.17, 15) is 4.79 Å². The van der Waals surface area contributed by atoms with Crippen LogP contribution in [0.5, 0.6) is 0 Å². The van der Waals surface area contributed by atoms with Gasteiger partial charge >= 0.3 is 0 Å². The predicted molar refractivity (Wildman–Crippen MR) is 119 cm³/mol.